The fraction of sp³-hybridized carbons (Fsp3) is 0.250. The van der Waals surface area contributed by atoms with Gasteiger partial charge in [-0.3, -0.25) is 0 Å². The van der Waals surface area contributed by atoms with Crippen LogP contribution in [0.2, 0.25) is 0 Å². The van der Waals surface area contributed by atoms with Gasteiger partial charge < -0.3 is 4.42 Å². The van der Waals surface area contributed by atoms with E-state index in [-0.39, 0.29) is 4.90 Å². The summed E-state index contributed by atoms with van der Waals surface area (Å²) in [6.07, 6.45) is 1.59. The molecule has 1 aromatic heterocycles. The zero-order chi connectivity index (χ0) is 18.6. The Balaban J connectivity index is 1.61. The SMILES string of the molecule is Cc1nc(-c2ccc(S(=O)(=O)NCCCc3ccccc3)cc2)c(C)o1. The van der Waals surface area contributed by atoms with Crippen molar-refractivity contribution in [1.29, 1.82) is 0 Å². The number of sulfonamides is 1. The molecule has 6 heteroatoms. The number of hydrogen-bond donors (Lipinski definition) is 1. The summed E-state index contributed by atoms with van der Waals surface area (Å²) in [6, 6.07) is 16.7. The molecule has 136 valence electrons. The molecular formula is C20H22N2O3S. The fourth-order valence-corrected chi connectivity index (χ4v) is 3.89. The third kappa shape index (κ3) is 4.39. The Bertz CT molecular complexity index is 962. The monoisotopic (exact) mass is 370 g/mol. The van der Waals surface area contributed by atoms with Crippen molar-refractivity contribution in [1.82, 2.24) is 9.71 Å². The summed E-state index contributed by atoms with van der Waals surface area (Å²) in [5.74, 6) is 1.31. The summed E-state index contributed by atoms with van der Waals surface area (Å²) in [7, 11) is -3.51. The van der Waals surface area contributed by atoms with E-state index in [9.17, 15) is 8.42 Å². The van der Waals surface area contributed by atoms with Gasteiger partial charge >= 0.3 is 0 Å². The molecule has 0 amide bonds. The van der Waals surface area contributed by atoms with Gasteiger partial charge in [-0.2, -0.15) is 0 Å². The average Bonchev–Trinajstić information content (AvgIpc) is 2.98. The molecule has 3 aromatic rings. The number of hydrogen-bond acceptors (Lipinski definition) is 4. The van der Waals surface area contributed by atoms with Crippen molar-refractivity contribution in [3.8, 4) is 11.3 Å². The van der Waals surface area contributed by atoms with Crippen LogP contribution in [0, 0.1) is 13.8 Å². The molecule has 0 unspecified atom stereocenters. The van der Waals surface area contributed by atoms with E-state index < -0.39 is 10.0 Å². The molecule has 0 atom stereocenters. The van der Waals surface area contributed by atoms with Crippen LogP contribution in [0.15, 0.2) is 63.9 Å². The van der Waals surface area contributed by atoms with Crippen LogP contribution in [-0.2, 0) is 16.4 Å². The van der Waals surface area contributed by atoms with Gasteiger partial charge in [0.15, 0.2) is 5.89 Å². The topological polar surface area (TPSA) is 72.2 Å². The summed E-state index contributed by atoms with van der Waals surface area (Å²) in [5, 5.41) is 0. The third-order valence-corrected chi connectivity index (χ3v) is 5.60. The lowest BCUT2D eigenvalue weighted by molar-refractivity contribution is 0.495. The average molecular weight is 370 g/mol. The van der Waals surface area contributed by atoms with Crippen molar-refractivity contribution >= 4 is 10.0 Å². The minimum absolute atomic E-state index is 0.249. The molecule has 1 heterocycles. The second-order valence-corrected chi connectivity index (χ2v) is 7.92. The molecule has 0 aliphatic rings. The minimum Gasteiger partial charge on any atom is -0.446 e. The summed E-state index contributed by atoms with van der Waals surface area (Å²) < 4.78 is 32.9. The number of nitrogens with one attached hydrogen (secondary N) is 1. The highest BCUT2D eigenvalue weighted by Gasteiger charge is 2.15. The van der Waals surface area contributed by atoms with E-state index in [4.69, 9.17) is 4.42 Å². The van der Waals surface area contributed by atoms with Crippen LogP contribution in [0.3, 0.4) is 0 Å². The smallest absolute Gasteiger partial charge is 0.240 e. The van der Waals surface area contributed by atoms with Crippen LogP contribution < -0.4 is 4.72 Å². The first-order chi connectivity index (χ1) is 12.5. The van der Waals surface area contributed by atoms with E-state index in [2.05, 4.69) is 9.71 Å². The second-order valence-electron chi connectivity index (χ2n) is 6.15. The van der Waals surface area contributed by atoms with Crippen molar-refractivity contribution in [2.45, 2.75) is 31.6 Å². The second kappa shape index (κ2) is 7.85. The van der Waals surface area contributed by atoms with Crippen LogP contribution in [-0.4, -0.2) is 19.9 Å². The minimum atomic E-state index is -3.51. The molecule has 0 saturated heterocycles. The van der Waals surface area contributed by atoms with Gasteiger partial charge in [0.25, 0.3) is 0 Å². The van der Waals surface area contributed by atoms with Crippen molar-refractivity contribution in [3.63, 3.8) is 0 Å². The number of benzene rings is 2. The largest absolute Gasteiger partial charge is 0.446 e. The van der Waals surface area contributed by atoms with Gasteiger partial charge in [-0.1, -0.05) is 42.5 Å². The molecule has 0 bridgehead atoms. The lowest BCUT2D eigenvalue weighted by Gasteiger charge is -2.07. The lowest BCUT2D eigenvalue weighted by Crippen LogP contribution is -2.25. The molecule has 0 radical (unpaired) electrons. The molecule has 2 aromatic carbocycles. The molecule has 5 nitrogen and oxygen atoms in total. The molecule has 0 spiro atoms. The number of aromatic nitrogens is 1. The first kappa shape index (κ1) is 18.4. The Morgan fingerprint density at radius 1 is 1.00 bits per heavy atom. The highest BCUT2D eigenvalue weighted by atomic mass is 32.2. The molecule has 1 N–H and O–H groups in total. The van der Waals surface area contributed by atoms with Gasteiger partial charge in [-0.05, 0) is 37.5 Å². The molecular weight excluding hydrogens is 348 g/mol. The summed E-state index contributed by atoms with van der Waals surface area (Å²) >= 11 is 0. The number of rotatable bonds is 7. The van der Waals surface area contributed by atoms with Crippen LogP contribution in [0.4, 0.5) is 0 Å². The van der Waals surface area contributed by atoms with E-state index in [1.165, 1.54) is 5.56 Å². The first-order valence-corrected chi connectivity index (χ1v) is 10.0. The Morgan fingerprint density at radius 2 is 1.69 bits per heavy atom. The van der Waals surface area contributed by atoms with Gasteiger partial charge in [0, 0.05) is 19.0 Å². The molecule has 0 fully saturated rings. The van der Waals surface area contributed by atoms with Crippen LogP contribution in [0.1, 0.15) is 23.6 Å². The summed E-state index contributed by atoms with van der Waals surface area (Å²) in [4.78, 5) is 4.58. The fourth-order valence-electron chi connectivity index (χ4n) is 2.82. The van der Waals surface area contributed by atoms with Crippen LogP contribution >= 0.6 is 0 Å². The number of nitrogens with zero attached hydrogens (tertiary/aromatic N) is 1. The molecule has 0 aliphatic heterocycles. The Morgan fingerprint density at radius 3 is 2.31 bits per heavy atom. The maximum absolute atomic E-state index is 12.4. The predicted octanol–water partition coefficient (Wildman–Crippen LogP) is 3.87. The molecule has 0 aliphatic carbocycles. The van der Waals surface area contributed by atoms with Crippen molar-refractivity contribution in [3.05, 3.63) is 71.8 Å². The van der Waals surface area contributed by atoms with E-state index >= 15 is 0 Å². The highest BCUT2D eigenvalue weighted by molar-refractivity contribution is 7.89. The van der Waals surface area contributed by atoms with Crippen molar-refractivity contribution < 1.29 is 12.8 Å². The molecule has 3 rings (SSSR count). The standard InChI is InChI=1S/C20H22N2O3S/c1-15-20(22-16(2)25-15)18-10-12-19(13-11-18)26(23,24)21-14-6-9-17-7-4-3-5-8-17/h3-5,7-8,10-13,21H,6,9,14H2,1-2H3. The lowest BCUT2D eigenvalue weighted by atomic mass is 10.1. The third-order valence-electron chi connectivity index (χ3n) is 4.12. The van der Waals surface area contributed by atoms with Crippen LogP contribution in [0.25, 0.3) is 11.3 Å². The van der Waals surface area contributed by atoms with Gasteiger partial charge in [0.05, 0.1) is 4.90 Å². The normalized spacial score (nSPS) is 11.6. The number of oxazole rings is 1. The van der Waals surface area contributed by atoms with Crippen molar-refractivity contribution in [2.24, 2.45) is 0 Å². The first-order valence-electron chi connectivity index (χ1n) is 8.54. The van der Waals surface area contributed by atoms with E-state index in [1.807, 2.05) is 37.3 Å². The Labute approximate surface area is 154 Å². The van der Waals surface area contributed by atoms with Crippen molar-refractivity contribution in [2.75, 3.05) is 6.54 Å². The zero-order valence-electron chi connectivity index (χ0n) is 14.9. The summed E-state index contributed by atoms with van der Waals surface area (Å²) in [6.45, 7) is 4.03. The van der Waals surface area contributed by atoms with E-state index in [0.717, 1.165) is 29.9 Å². The molecule has 0 saturated carbocycles. The van der Waals surface area contributed by atoms with Gasteiger partial charge in [0.2, 0.25) is 10.0 Å². The van der Waals surface area contributed by atoms with Crippen LogP contribution in [0.5, 0.6) is 0 Å². The highest BCUT2D eigenvalue weighted by Crippen LogP contribution is 2.24. The summed E-state index contributed by atoms with van der Waals surface area (Å²) in [5.41, 5.74) is 2.78. The molecule has 26 heavy (non-hydrogen) atoms. The Hall–Kier alpha value is -2.44. The number of aryl methyl sites for hydroxylation is 3. The van der Waals surface area contributed by atoms with E-state index in [0.29, 0.717) is 12.4 Å². The van der Waals surface area contributed by atoms with E-state index in [1.54, 1.807) is 31.2 Å². The maximum Gasteiger partial charge on any atom is 0.240 e. The van der Waals surface area contributed by atoms with Gasteiger partial charge in [-0.15, -0.1) is 0 Å². The van der Waals surface area contributed by atoms with Gasteiger partial charge in [0.1, 0.15) is 11.5 Å². The zero-order valence-corrected chi connectivity index (χ0v) is 15.7. The quantitative estimate of drug-likeness (QED) is 0.641. The van der Waals surface area contributed by atoms with Gasteiger partial charge in [-0.25, -0.2) is 18.1 Å². The Kier molecular flexibility index (Phi) is 5.54. The predicted molar refractivity (Wildman–Crippen MR) is 101 cm³/mol. The maximum atomic E-state index is 12.4.